The molecule has 21 heavy (non-hydrogen) atoms. The first-order valence-electron chi connectivity index (χ1n) is 6.27. The summed E-state index contributed by atoms with van der Waals surface area (Å²) in [5, 5.41) is 0.216. The summed E-state index contributed by atoms with van der Waals surface area (Å²) >= 11 is 5.95. The van der Waals surface area contributed by atoms with Gasteiger partial charge in [-0.25, -0.2) is 15.2 Å². The second kappa shape index (κ2) is 6.51. The maximum atomic E-state index is 13.8. The lowest BCUT2D eigenvalue weighted by Crippen LogP contribution is -2.31. The molecule has 0 aliphatic carbocycles. The van der Waals surface area contributed by atoms with Gasteiger partial charge in [-0.1, -0.05) is 23.7 Å². The molecule has 7 heteroatoms. The molecule has 0 radical (unpaired) electrons. The van der Waals surface area contributed by atoms with Crippen LogP contribution in [0.2, 0.25) is 5.02 Å². The molecule has 110 valence electrons. The average molecular weight is 309 g/mol. The van der Waals surface area contributed by atoms with Crippen LogP contribution in [0, 0.1) is 5.82 Å². The normalized spacial score (nSPS) is 10.3. The van der Waals surface area contributed by atoms with E-state index in [1.54, 1.807) is 25.1 Å². The van der Waals surface area contributed by atoms with Crippen molar-refractivity contribution in [2.24, 2.45) is 5.84 Å². The smallest absolute Gasteiger partial charge is 0.259 e. The molecule has 0 fully saturated rings. The van der Waals surface area contributed by atoms with Crippen LogP contribution in [0.1, 0.15) is 17.3 Å². The van der Waals surface area contributed by atoms with Crippen molar-refractivity contribution >= 4 is 29.0 Å². The van der Waals surface area contributed by atoms with E-state index in [2.05, 4.69) is 10.4 Å². The van der Waals surface area contributed by atoms with Gasteiger partial charge in [0, 0.05) is 12.7 Å². The Hall–Kier alpha value is -2.18. The third-order valence-corrected chi connectivity index (χ3v) is 3.22. The molecular formula is C14H14ClFN4O. The summed E-state index contributed by atoms with van der Waals surface area (Å²) in [6.45, 7) is 2.07. The first-order chi connectivity index (χ1) is 10.1. The number of carbonyl (C=O) groups excluding carboxylic acids is 1. The minimum Gasteiger partial charge on any atom is -0.307 e. The van der Waals surface area contributed by atoms with Crippen LogP contribution in [0.25, 0.3) is 0 Å². The van der Waals surface area contributed by atoms with Gasteiger partial charge in [0.1, 0.15) is 5.82 Å². The van der Waals surface area contributed by atoms with E-state index in [0.29, 0.717) is 6.54 Å². The van der Waals surface area contributed by atoms with E-state index in [9.17, 15) is 9.18 Å². The number of hydrogen-bond donors (Lipinski definition) is 2. The maximum Gasteiger partial charge on any atom is 0.259 e. The van der Waals surface area contributed by atoms with Crippen molar-refractivity contribution < 1.29 is 9.18 Å². The number of nitrogen functional groups attached to an aromatic ring is 1. The number of nitrogens with zero attached hydrogens (tertiary/aromatic N) is 2. The van der Waals surface area contributed by atoms with Crippen LogP contribution in [-0.4, -0.2) is 17.4 Å². The SMILES string of the molecule is CCN(C(=O)c1cnc(NN)c(Cl)c1)c1ccccc1F. The Morgan fingerprint density at radius 3 is 2.76 bits per heavy atom. The van der Waals surface area contributed by atoms with Crippen LogP contribution in [0.5, 0.6) is 0 Å². The van der Waals surface area contributed by atoms with Gasteiger partial charge in [0.2, 0.25) is 0 Å². The minimum absolute atomic E-state index is 0.210. The molecule has 1 heterocycles. The Morgan fingerprint density at radius 2 is 2.19 bits per heavy atom. The highest BCUT2D eigenvalue weighted by Crippen LogP contribution is 2.23. The van der Waals surface area contributed by atoms with Gasteiger partial charge in [0.25, 0.3) is 5.91 Å². The molecule has 1 amide bonds. The molecule has 2 aromatic rings. The molecular weight excluding hydrogens is 295 g/mol. The summed E-state index contributed by atoms with van der Waals surface area (Å²) in [4.78, 5) is 17.7. The van der Waals surface area contributed by atoms with Crippen molar-refractivity contribution in [1.82, 2.24) is 4.98 Å². The number of para-hydroxylation sites is 1. The van der Waals surface area contributed by atoms with Crippen molar-refractivity contribution in [2.75, 3.05) is 16.9 Å². The zero-order chi connectivity index (χ0) is 15.4. The molecule has 0 aliphatic heterocycles. The molecule has 0 bridgehead atoms. The molecule has 0 spiro atoms. The van der Waals surface area contributed by atoms with Crippen molar-refractivity contribution in [3.05, 3.63) is 52.9 Å². The zero-order valence-corrected chi connectivity index (χ0v) is 12.1. The number of nitrogens with two attached hydrogens (primary N) is 1. The second-order valence-corrected chi connectivity index (χ2v) is 4.61. The first-order valence-corrected chi connectivity index (χ1v) is 6.64. The predicted octanol–water partition coefficient (Wildman–Crippen LogP) is 2.83. The summed E-state index contributed by atoms with van der Waals surface area (Å²) in [5.41, 5.74) is 2.78. The van der Waals surface area contributed by atoms with Gasteiger partial charge in [-0.2, -0.15) is 0 Å². The second-order valence-electron chi connectivity index (χ2n) is 4.20. The average Bonchev–Trinajstić information content (AvgIpc) is 2.49. The predicted molar refractivity (Wildman–Crippen MR) is 80.8 cm³/mol. The summed E-state index contributed by atoms with van der Waals surface area (Å²) in [7, 11) is 0. The van der Waals surface area contributed by atoms with E-state index in [1.165, 1.54) is 23.2 Å². The Kier molecular flexibility index (Phi) is 4.72. The number of carbonyl (C=O) groups is 1. The fourth-order valence-corrected chi connectivity index (χ4v) is 2.13. The molecule has 3 N–H and O–H groups in total. The zero-order valence-electron chi connectivity index (χ0n) is 11.3. The van der Waals surface area contributed by atoms with Gasteiger partial charge >= 0.3 is 0 Å². The Balaban J connectivity index is 2.37. The maximum absolute atomic E-state index is 13.8. The standard InChI is InChI=1S/C14H14ClFN4O/c1-2-20(12-6-4-3-5-11(12)16)14(21)9-7-10(15)13(19-17)18-8-9/h3-8H,2,17H2,1H3,(H,18,19). The highest BCUT2D eigenvalue weighted by molar-refractivity contribution is 6.33. The van der Waals surface area contributed by atoms with Gasteiger partial charge in [-0.15, -0.1) is 0 Å². The number of halogens is 2. The highest BCUT2D eigenvalue weighted by Gasteiger charge is 2.20. The van der Waals surface area contributed by atoms with Gasteiger partial charge in [0.15, 0.2) is 5.82 Å². The first kappa shape index (κ1) is 15.2. The number of hydrogen-bond acceptors (Lipinski definition) is 4. The van der Waals surface area contributed by atoms with E-state index < -0.39 is 5.82 Å². The number of benzene rings is 1. The molecule has 0 saturated carbocycles. The van der Waals surface area contributed by atoms with Gasteiger partial charge < -0.3 is 10.3 Å². The number of pyridine rings is 1. The number of aromatic nitrogens is 1. The summed E-state index contributed by atoms with van der Waals surface area (Å²) in [5.74, 6) is 4.64. The minimum atomic E-state index is -0.466. The Labute approximate surface area is 126 Å². The van der Waals surface area contributed by atoms with Crippen LogP contribution in [0.3, 0.4) is 0 Å². The van der Waals surface area contributed by atoms with E-state index in [1.807, 2.05) is 0 Å². The Morgan fingerprint density at radius 1 is 1.48 bits per heavy atom. The van der Waals surface area contributed by atoms with Crippen LogP contribution in [-0.2, 0) is 0 Å². The fourth-order valence-electron chi connectivity index (χ4n) is 1.91. The Bertz CT molecular complexity index is 665. The van der Waals surface area contributed by atoms with E-state index in [-0.39, 0.29) is 28.0 Å². The van der Waals surface area contributed by atoms with Gasteiger partial charge in [0.05, 0.1) is 16.3 Å². The monoisotopic (exact) mass is 308 g/mol. The van der Waals surface area contributed by atoms with E-state index in [4.69, 9.17) is 17.4 Å². The third-order valence-electron chi connectivity index (χ3n) is 2.93. The van der Waals surface area contributed by atoms with Crippen LogP contribution in [0.4, 0.5) is 15.9 Å². The van der Waals surface area contributed by atoms with Crippen molar-refractivity contribution in [2.45, 2.75) is 6.92 Å². The molecule has 2 rings (SSSR count). The lowest BCUT2D eigenvalue weighted by molar-refractivity contribution is 0.0987. The van der Waals surface area contributed by atoms with Crippen molar-refractivity contribution in [1.29, 1.82) is 0 Å². The summed E-state index contributed by atoms with van der Waals surface area (Å²) in [6.07, 6.45) is 1.34. The highest BCUT2D eigenvalue weighted by atomic mass is 35.5. The molecule has 0 unspecified atom stereocenters. The number of anilines is 2. The lowest BCUT2D eigenvalue weighted by atomic mass is 10.2. The van der Waals surface area contributed by atoms with Crippen molar-refractivity contribution in [3.8, 4) is 0 Å². The molecule has 0 atom stereocenters. The van der Waals surface area contributed by atoms with Crippen molar-refractivity contribution in [3.63, 3.8) is 0 Å². The van der Waals surface area contributed by atoms with Crippen LogP contribution >= 0.6 is 11.6 Å². The largest absolute Gasteiger partial charge is 0.307 e. The van der Waals surface area contributed by atoms with Gasteiger partial charge in [-0.3, -0.25) is 4.79 Å². The molecule has 0 aliphatic rings. The number of nitrogens with one attached hydrogen (secondary N) is 1. The summed E-state index contributed by atoms with van der Waals surface area (Å²) < 4.78 is 13.8. The number of hydrazine groups is 1. The quantitative estimate of drug-likeness (QED) is 0.673. The number of amides is 1. The molecule has 0 saturated heterocycles. The van der Waals surface area contributed by atoms with Gasteiger partial charge in [-0.05, 0) is 25.1 Å². The molecule has 1 aromatic carbocycles. The summed E-state index contributed by atoms with van der Waals surface area (Å²) in [6, 6.07) is 7.52. The lowest BCUT2D eigenvalue weighted by Gasteiger charge is -2.21. The third kappa shape index (κ3) is 3.12. The number of rotatable bonds is 4. The topological polar surface area (TPSA) is 71.2 Å². The van der Waals surface area contributed by atoms with E-state index in [0.717, 1.165) is 0 Å². The molecule has 5 nitrogen and oxygen atoms in total. The van der Waals surface area contributed by atoms with E-state index >= 15 is 0 Å². The molecule has 1 aromatic heterocycles. The fraction of sp³-hybridized carbons (Fsp3) is 0.143. The van der Waals surface area contributed by atoms with Crippen LogP contribution in [0.15, 0.2) is 36.5 Å². The van der Waals surface area contributed by atoms with Crippen LogP contribution < -0.4 is 16.2 Å².